The Morgan fingerprint density at radius 2 is 2.14 bits per heavy atom. The number of benzene rings is 1. The van der Waals surface area contributed by atoms with Crippen molar-refractivity contribution < 1.29 is 13.6 Å². The van der Waals surface area contributed by atoms with Gasteiger partial charge in [0.25, 0.3) is 0 Å². The number of alkyl halides is 1. The first-order valence-corrected chi connectivity index (χ1v) is 4.83. The summed E-state index contributed by atoms with van der Waals surface area (Å²) in [5, 5.41) is 2.25. The van der Waals surface area contributed by atoms with Gasteiger partial charge in [0.2, 0.25) is 5.91 Å². The summed E-state index contributed by atoms with van der Waals surface area (Å²) in [4.78, 5) is 10.7. The average Bonchev–Trinajstić information content (AvgIpc) is 2.12. The highest BCUT2D eigenvalue weighted by atomic mass is 79.9. The number of hydrogen-bond acceptors (Lipinski definition) is 1. The lowest BCUT2D eigenvalue weighted by Gasteiger charge is -2.07. The normalized spacial score (nSPS) is 12.3. The largest absolute Gasteiger partial charge is 0.323 e. The van der Waals surface area contributed by atoms with E-state index in [2.05, 4.69) is 21.2 Å². The monoisotopic (exact) mass is 263 g/mol. The SMILES string of the molecule is CC(Br)C(=O)Nc1cccc(F)c1F. The molecule has 0 spiro atoms. The Kier molecular flexibility index (Phi) is 3.57. The Hall–Kier alpha value is -0.970. The zero-order valence-electron chi connectivity index (χ0n) is 7.35. The standard InChI is InChI=1S/C9H8BrF2NO/c1-5(10)9(14)13-7-4-2-3-6(11)8(7)12/h2-5H,1H3,(H,13,14). The first kappa shape index (κ1) is 11.1. The lowest BCUT2D eigenvalue weighted by atomic mass is 10.3. The van der Waals surface area contributed by atoms with Gasteiger partial charge < -0.3 is 5.32 Å². The predicted molar refractivity (Wildman–Crippen MR) is 53.4 cm³/mol. The van der Waals surface area contributed by atoms with Crippen LogP contribution >= 0.6 is 15.9 Å². The second kappa shape index (κ2) is 4.50. The highest BCUT2D eigenvalue weighted by molar-refractivity contribution is 9.10. The fourth-order valence-electron chi connectivity index (χ4n) is 0.833. The lowest BCUT2D eigenvalue weighted by molar-refractivity contribution is -0.115. The van der Waals surface area contributed by atoms with Gasteiger partial charge in [0.1, 0.15) is 0 Å². The number of halogens is 3. The quantitative estimate of drug-likeness (QED) is 0.817. The Morgan fingerprint density at radius 3 is 2.71 bits per heavy atom. The molecule has 0 aliphatic rings. The number of carbonyl (C=O) groups excluding carboxylic acids is 1. The van der Waals surface area contributed by atoms with E-state index in [1.165, 1.54) is 12.1 Å². The first-order valence-electron chi connectivity index (χ1n) is 3.91. The van der Waals surface area contributed by atoms with Crippen LogP contribution in [-0.2, 0) is 4.79 Å². The molecule has 0 aliphatic heterocycles. The molecule has 5 heteroatoms. The zero-order valence-corrected chi connectivity index (χ0v) is 8.94. The summed E-state index contributed by atoms with van der Waals surface area (Å²) in [6, 6.07) is 3.61. The molecular weight excluding hydrogens is 256 g/mol. The van der Waals surface area contributed by atoms with Gasteiger partial charge in [-0.05, 0) is 19.1 Å². The lowest BCUT2D eigenvalue weighted by Crippen LogP contribution is -2.20. The van der Waals surface area contributed by atoms with Gasteiger partial charge in [-0.15, -0.1) is 0 Å². The first-order chi connectivity index (χ1) is 6.52. The van der Waals surface area contributed by atoms with Gasteiger partial charge >= 0.3 is 0 Å². The van der Waals surface area contributed by atoms with E-state index in [4.69, 9.17) is 0 Å². The molecule has 0 aliphatic carbocycles. The van der Waals surface area contributed by atoms with E-state index in [1.807, 2.05) is 0 Å². The van der Waals surface area contributed by atoms with Crippen molar-refractivity contribution in [2.45, 2.75) is 11.8 Å². The van der Waals surface area contributed by atoms with Gasteiger partial charge in [-0.3, -0.25) is 4.79 Å². The second-order valence-corrected chi connectivity index (χ2v) is 4.08. The van der Waals surface area contributed by atoms with Gasteiger partial charge in [-0.1, -0.05) is 22.0 Å². The second-order valence-electron chi connectivity index (χ2n) is 2.71. The molecule has 2 nitrogen and oxygen atoms in total. The molecule has 1 atom stereocenters. The maximum atomic E-state index is 13.0. The fraction of sp³-hybridized carbons (Fsp3) is 0.222. The summed E-state index contributed by atoms with van der Waals surface area (Å²) >= 11 is 3.01. The maximum absolute atomic E-state index is 13.0. The average molecular weight is 264 g/mol. The molecule has 0 bridgehead atoms. The molecule has 0 fully saturated rings. The number of anilines is 1. The van der Waals surface area contributed by atoms with Crippen molar-refractivity contribution in [1.82, 2.24) is 0 Å². The number of nitrogens with one attached hydrogen (secondary N) is 1. The number of rotatable bonds is 2. The van der Waals surface area contributed by atoms with Crippen molar-refractivity contribution in [2.75, 3.05) is 5.32 Å². The summed E-state index contributed by atoms with van der Waals surface area (Å²) < 4.78 is 25.7. The van der Waals surface area contributed by atoms with E-state index in [-0.39, 0.29) is 5.69 Å². The molecule has 1 aromatic carbocycles. The van der Waals surface area contributed by atoms with Gasteiger partial charge in [0.05, 0.1) is 10.5 Å². The van der Waals surface area contributed by atoms with E-state index in [0.717, 1.165) is 6.07 Å². The van der Waals surface area contributed by atoms with Crippen molar-refractivity contribution in [2.24, 2.45) is 0 Å². The van der Waals surface area contributed by atoms with Crippen LogP contribution in [0.3, 0.4) is 0 Å². The minimum Gasteiger partial charge on any atom is -0.323 e. The van der Waals surface area contributed by atoms with E-state index < -0.39 is 22.4 Å². The summed E-state index contributed by atoms with van der Waals surface area (Å²) in [6.07, 6.45) is 0. The van der Waals surface area contributed by atoms with E-state index in [1.54, 1.807) is 6.92 Å². The van der Waals surface area contributed by atoms with E-state index >= 15 is 0 Å². The van der Waals surface area contributed by atoms with E-state index in [9.17, 15) is 13.6 Å². The van der Waals surface area contributed by atoms with Crippen LogP contribution in [0.1, 0.15) is 6.92 Å². The molecule has 0 aromatic heterocycles. The van der Waals surface area contributed by atoms with Gasteiger partial charge in [-0.25, -0.2) is 8.78 Å². The maximum Gasteiger partial charge on any atom is 0.237 e. The molecule has 0 saturated carbocycles. The number of hydrogen-bond donors (Lipinski definition) is 1. The molecule has 1 rings (SSSR count). The topological polar surface area (TPSA) is 29.1 Å². The molecule has 14 heavy (non-hydrogen) atoms. The minimum atomic E-state index is -1.05. The van der Waals surface area contributed by atoms with Gasteiger partial charge in [0, 0.05) is 0 Å². The molecule has 1 N–H and O–H groups in total. The van der Waals surface area contributed by atoms with Crippen molar-refractivity contribution in [1.29, 1.82) is 0 Å². The molecule has 0 radical (unpaired) electrons. The van der Waals surface area contributed by atoms with Crippen LogP contribution < -0.4 is 5.32 Å². The van der Waals surface area contributed by atoms with Crippen LogP contribution in [0.5, 0.6) is 0 Å². The molecule has 1 amide bonds. The van der Waals surface area contributed by atoms with Crippen LogP contribution in [0, 0.1) is 11.6 Å². The summed E-state index contributed by atoms with van der Waals surface area (Å²) in [6.45, 7) is 1.59. The minimum absolute atomic E-state index is 0.152. The summed E-state index contributed by atoms with van der Waals surface area (Å²) in [5.41, 5.74) is -0.152. The van der Waals surface area contributed by atoms with Crippen LogP contribution in [0.4, 0.5) is 14.5 Å². The molecule has 1 aromatic rings. The highest BCUT2D eigenvalue weighted by Gasteiger charge is 2.13. The van der Waals surface area contributed by atoms with Crippen LogP contribution in [-0.4, -0.2) is 10.7 Å². The molecular formula is C9H8BrF2NO. The van der Waals surface area contributed by atoms with Crippen LogP contribution in [0.15, 0.2) is 18.2 Å². The highest BCUT2D eigenvalue weighted by Crippen LogP contribution is 2.17. The molecule has 0 saturated heterocycles. The Balaban J connectivity index is 2.87. The predicted octanol–water partition coefficient (Wildman–Crippen LogP) is 2.69. The summed E-state index contributed by atoms with van der Waals surface area (Å²) in [5.74, 6) is -2.45. The van der Waals surface area contributed by atoms with Gasteiger partial charge in [0.15, 0.2) is 11.6 Å². The third-order valence-corrected chi connectivity index (χ3v) is 1.99. The third-order valence-electron chi connectivity index (χ3n) is 1.57. The molecule has 0 heterocycles. The molecule has 1 unspecified atom stereocenters. The van der Waals surface area contributed by atoms with Gasteiger partial charge in [-0.2, -0.15) is 0 Å². The van der Waals surface area contributed by atoms with Crippen molar-refractivity contribution in [3.05, 3.63) is 29.8 Å². The van der Waals surface area contributed by atoms with E-state index in [0.29, 0.717) is 0 Å². The third kappa shape index (κ3) is 2.51. The molecule has 76 valence electrons. The Bertz CT molecular complexity index is 355. The summed E-state index contributed by atoms with van der Waals surface area (Å²) in [7, 11) is 0. The van der Waals surface area contributed by atoms with Crippen molar-refractivity contribution >= 4 is 27.5 Å². The van der Waals surface area contributed by atoms with Crippen LogP contribution in [0.25, 0.3) is 0 Å². The Labute approximate surface area is 88.4 Å². The van der Waals surface area contributed by atoms with Crippen molar-refractivity contribution in [3.63, 3.8) is 0 Å². The smallest absolute Gasteiger partial charge is 0.237 e. The fourth-order valence-corrected chi connectivity index (χ4v) is 0.947. The van der Waals surface area contributed by atoms with Crippen molar-refractivity contribution in [3.8, 4) is 0 Å². The number of carbonyl (C=O) groups is 1. The Morgan fingerprint density at radius 1 is 1.50 bits per heavy atom. The zero-order chi connectivity index (χ0) is 10.7. The van der Waals surface area contributed by atoms with Crippen LogP contribution in [0.2, 0.25) is 0 Å². The number of amides is 1.